The van der Waals surface area contributed by atoms with Crippen LogP contribution in [0.3, 0.4) is 0 Å². The minimum absolute atomic E-state index is 0.0747. The lowest BCUT2D eigenvalue weighted by atomic mass is 10.2. The van der Waals surface area contributed by atoms with E-state index in [-0.39, 0.29) is 5.02 Å². The Morgan fingerprint density at radius 2 is 2.07 bits per heavy atom. The fourth-order valence-corrected chi connectivity index (χ4v) is 1.01. The van der Waals surface area contributed by atoms with Crippen LogP contribution in [0, 0.1) is 0 Å². The maximum Gasteiger partial charge on any atom is 0.387 e. The van der Waals surface area contributed by atoms with Crippen molar-refractivity contribution >= 4 is 17.6 Å². The molecule has 0 spiro atoms. The van der Waals surface area contributed by atoms with Crippen molar-refractivity contribution in [3.8, 4) is 5.75 Å². The summed E-state index contributed by atoms with van der Waals surface area (Å²) in [4.78, 5) is 10.3. The zero-order chi connectivity index (χ0) is 10.7. The number of halogens is 4. The number of carbonyl (C=O) groups is 1. The maximum atomic E-state index is 12.3. The van der Waals surface area contributed by atoms with Crippen LogP contribution in [-0.2, 0) is 0 Å². The van der Waals surface area contributed by atoms with E-state index >= 15 is 0 Å². The van der Waals surface area contributed by atoms with Crippen LogP contribution >= 0.6 is 11.6 Å². The number of ether oxygens (including phenoxy) is 1. The Labute approximate surface area is 82.2 Å². The second kappa shape index (κ2) is 4.32. The molecule has 0 saturated carbocycles. The van der Waals surface area contributed by atoms with E-state index < -0.39 is 24.0 Å². The second-order valence-electron chi connectivity index (χ2n) is 2.29. The Morgan fingerprint density at radius 3 is 2.57 bits per heavy atom. The van der Waals surface area contributed by atoms with E-state index in [0.29, 0.717) is 0 Å². The summed E-state index contributed by atoms with van der Waals surface area (Å²) in [6.45, 7) is -3.13. The van der Waals surface area contributed by atoms with Crippen molar-refractivity contribution in [3.05, 3.63) is 28.8 Å². The van der Waals surface area contributed by atoms with Gasteiger partial charge in [0.15, 0.2) is 0 Å². The minimum Gasteiger partial charge on any atom is -0.434 e. The molecule has 0 amide bonds. The molecule has 0 N–H and O–H groups in total. The van der Waals surface area contributed by atoms with Gasteiger partial charge in [0, 0.05) is 5.02 Å². The third kappa shape index (κ3) is 2.63. The number of alkyl halides is 2. The van der Waals surface area contributed by atoms with Gasteiger partial charge in [0.1, 0.15) is 5.75 Å². The van der Waals surface area contributed by atoms with E-state index in [2.05, 4.69) is 4.74 Å². The highest BCUT2D eigenvalue weighted by molar-refractivity contribution is 6.30. The van der Waals surface area contributed by atoms with Gasteiger partial charge in [-0.25, -0.2) is 0 Å². The first-order valence-electron chi connectivity index (χ1n) is 3.45. The topological polar surface area (TPSA) is 26.3 Å². The second-order valence-corrected chi connectivity index (χ2v) is 2.73. The molecule has 0 heterocycles. The Balaban J connectivity index is 3.09. The average Bonchev–Trinajstić information content (AvgIpc) is 2.01. The zero-order valence-electron chi connectivity index (χ0n) is 6.64. The van der Waals surface area contributed by atoms with E-state index in [4.69, 9.17) is 11.6 Å². The molecule has 1 rings (SSSR count). The maximum absolute atomic E-state index is 12.3. The largest absolute Gasteiger partial charge is 0.434 e. The summed E-state index contributed by atoms with van der Waals surface area (Å²) in [5.41, 5.74) is -0.574. The first-order chi connectivity index (χ1) is 6.50. The summed E-state index contributed by atoms with van der Waals surface area (Å²) in [6, 6.07) is 1.27. The summed E-state index contributed by atoms with van der Waals surface area (Å²) in [5, 5.41) is 0.0747. The number of rotatable bonds is 3. The quantitative estimate of drug-likeness (QED) is 0.738. The van der Waals surface area contributed by atoms with Gasteiger partial charge in [-0.2, -0.15) is 13.2 Å². The third-order valence-corrected chi connectivity index (χ3v) is 1.61. The molecule has 0 bridgehead atoms. The van der Waals surface area contributed by atoms with Crippen LogP contribution in [0.1, 0.15) is 10.4 Å². The Morgan fingerprint density at radius 1 is 1.43 bits per heavy atom. The minimum atomic E-state index is -3.13. The molecule has 1 aromatic rings. The van der Waals surface area contributed by atoms with Crippen LogP contribution in [0.5, 0.6) is 5.75 Å². The fraction of sp³-hybridized carbons (Fsp3) is 0.125. The molecule has 0 aromatic heterocycles. The molecule has 2 nitrogen and oxygen atoms in total. The molecule has 0 unspecified atom stereocenters. The lowest BCUT2D eigenvalue weighted by Gasteiger charge is -2.07. The number of hydrogen-bond donors (Lipinski definition) is 0. The van der Waals surface area contributed by atoms with Crippen LogP contribution in [-0.4, -0.2) is 12.6 Å². The first kappa shape index (κ1) is 10.8. The van der Waals surface area contributed by atoms with Crippen LogP contribution in [0.25, 0.3) is 0 Å². The predicted molar refractivity (Wildman–Crippen MR) is 43.5 cm³/mol. The normalized spacial score (nSPS) is 10.4. The summed E-state index contributed by atoms with van der Waals surface area (Å²) >= 11 is 5.45. The van der Waals surface area contributed by atoms with Crippen LogP contribution in [0.15, 0.2) is 18.2 Å². The van der Waals surface area contributed by atoms with Crippen LogP contribution < -0.4 is 4.74 Å². The molecule has 0 aliphatic rings. The summed E-state index contributed by atoms with van der Waals surface area (Å²) < 4.78 is 39.8. The highest BCUT2D eigenvalue weighted by Crippen LogP contribution is 2.25. The number of carbonyl (C=O) groups excluding carboxylic acids is 1. The number of hydrogen-bond acceptors (Lipinski definition) is 2. The molecule has 0 aliphatic carbocycles. The van der Waals surface area contributed by atoms with Gasteiger partial charge in [0.2, 0.25) is 0 Å². The lowest BCUT2D eigenvalue weighted by Crippen LogP contribution is -2.05. The molecule has 0 saturated heterocycles. The molecule has 0 radical (unpaired) electrons. The molecule has 0 fully saturated rings. The standard InChI is InChI=1S/C8H4ClF3O2/c9-4-1-2-5(7(10)13)6(3-4)14-8(11)12/h1-3,8H. The van der Waals surface area contributed by atoms with Crippen molar-refractivity contribution in [2.75, 3.05) is 0 Å². The molecule has 14 heavy (non-hydrogen) atoms. The highest BCUT2D eigenvalue weighted by atomic mass is 35.5. The van der Waals surface area contributed by atoms with Crippen molar-refractivity contribution < 1.29 is 22.7 Å². The highest BCUT2D eigenvalue weighted by Gasteiger charge is 2.15. The monoisotopic (exact) mass is 224 g/mol. The smallest absolute Gasteiger partial charge is 0.387 e. The van der Waals surface area contributed by atoms with Gasteiger partial charge < -0.3 is 4.74 Å². The van der Waals surface area contributed by atoms with Gasteiger partial charge in [0.25, 0.3) is 0 Å². The van der Waals surface area contributed by atoms with Gasteiger partial charge in [0.05, 0.1) is 5.56 Å². The van der Waals surface area contributed by atoms with Crippen LogP contribution in [0.2, 0.25) is 5.02 Å². The van der Waals surface area contributed by atoms with E-state index in [1.165, 1.54) is 6.07 Å². The van der Waals surface area contributed by atoms with Gasteiger partial charge in [-0.15, -0.1) is 0 Å². The summed E-state index contributed by atoms with van der Waals surface area (Å²) in [5.74, 6) is -0.569. The average molecular weight is 225 g/mol. The van der Waals surface area contributed by atoms with E-state index in [1.807, 2.05) is 0 Å². The van der Waals surface area contributed by atoms with Crippen molar-refractivity contribution in [2.24, 2.45) is 0 Å². The molecular weight excluding hydrogens is 221 g/mol. The van der Waals surface area contributed by atoms with Gasteiger partial charge in [-0.1, -0.05) is 11.6 Å². The van der Waals surface area contributed by atoms with Crippen molar-refractivity contribution in [1.29, 1.82) is 0 Å². The molecule has 0 aliphatic heterocycles. The van der Waals surface area contributed by atoms with Gasteiger partial charge in [-0.3, -0.25) is 4.79 Å². The SMILES string of the molecule is O=C(F)c1ccc(Cl)cc1OC(F)F. The van der Waals surface area contributed by atoms with Gasteiger partial charge in [-0.05, 0) is 18.2 Å². The molecule has 0 atom stereocenters. The summed E-state index contributed by atoms with van der Waals surface area (Å²) in [6.07, 6.45) is 0. The first-order valence-corrected chi connectivity index (χ1v) is 3.82. The molecule has 76 valence electrons. The van der Waals surface area contributed by atoms with E-state index in [0.717, 1.165) is 12.1 Å². The third-order valence-electron chi connectivity index (χ3n) is 1.37. The van der Waals surface area contributed by atoms with Crippen molar-refractivity contribution in [3.63, 3.8) is 0 Å². The van der Waals surface area contributed by atoms with Crippen molar-refractivity contribution in [2.45, 2.75) is 6.61 Å². The molecule has 6 heteroatoms. The lowest BCUT2D eigenvalue weighted by molar-refractivity contribution is -0.0502. The Bertz CT molecular complexity index is 354. The fourth-order valence-electron chi connectivity index (χ4n) is 0.852. The van der Waals surface area contributed by atoms with Crippen LogP contribution in [0.4, 0.5) is 13.2 Å². The predicted octanol–water partition coefficient (Wildman–Crippen LogP) is 3.05. The van der Waals surface area contributed by atoms with Gasteiger partial charge >= 0.3 is 12.6 Å². The van der Waals surface area contributed by atoms with E-state index in [1.54, 1.807) is 0 Å². The van der Waals surface area contributed by atoms with Crippen molar-refractivity contribution in [1.82, 2.24) is 0 Å². The molecular formula is C8H4ClF3O2. The zero-order valence-corrected chi connectivity index (χ0v) is 7.39. The van der Waals surface area contributed by atoms with E-state index in [9.17, 15) is 18.0 Å². The Kier molecular flexibility index (Phi) is 3.35. The number of benzene rings is 1. The summed E-state index contributed by atoms with van der Waals surface area (Å²) in [7, 11) is 0. The molecule has 1 aromatic carbocycles. The Hall–Kier alpha value is -1.23.